The van der Waals surface area contributed by atoms with Crippen molar-refractivity contribution in [2.75, 3.05) is 12.4 Å². The third-order valence-corrected chi connectivity index (χ3v) is 8.68. The average Bonchev–Trinajstić information content (AvgIpc) is 2.82. The van der Waals surface area contributed by atoms with Gasteiger partial charge in [-0.3, -0.25) is 4.79 Å². The molecule has 2 aromatic carbocycles. The number of benzene rings is 2. The Morgan fingerprint density at radius 1 is 1.05 bits per heavy atom. The first kappa shape index (κ1) is 30.4. The molecule has 0 aliphatic heterocycles. The molecule has 0 spiro atoms. The van der Waals surface area contributed by atoms with E-state index in [1.54, 1.807) is 44.2 Å². The molecule has 0 saturated carbocycles. The number of carbonyl (C=O) groups is 2. The number of amides is 1. The normalized spacial score (nSPS) is 12.9. The van der Waals surface area contributed by atoms with Crippen LogP contribution in [0.5, 0.6) is 5.75 Å². The van der Waals surface area contributed by atoms with Crippen molar-refractivity contribution < 1.29 is 27.9 Å². The zero-order valence-corrected chi connectivity index (χ0v) is 23.9. The molecule has 0 radical (unpaired) electrons. The molecule has 1 atom stereocenters. The fourth-order valence-corrected chi connectivity index (χ4v) is 5.42. The fraction of sp³-hybridized carbons (Fsp3) is 0.517. The first-order valence-electron chi connectivity index (χ1n) is 12.8. The molecule has 0 heterocycles. The highest BCUT2D eigenvalue weighted by Gasteiger charge is 2.26. The van der Waals surface area contributed by atoms with E-state index in [9.17, 15) is 23.1 Å². The molecule has 0 bridgehead atoms. The van der Waals surface area contributed by atoms with Crippen molar-refractivity contribution in [2.45, 2.75) is 95.1 Å². The van der Waals surface area contributed by atoms with Crippen molar-refractivity contribution in [1.29, 1.82) is 0 Å². The lowest BCUT2D eigenvalue weighted by atomic mass is 9.85. The van der Waals surface area contributed by atoms with Crippen LogP contribution in [0.1, 0.15) is 101 Å². The largest absolute Gasteiger partial charge is 0.496 e. The van der Waals surface area contributed by atoms with Gasteiger partial charge in [0.05, 0.1) is 22.8 Å². The number of hydrogen-bond acceptors (Lipinski definition) is 5. The molecule has 0 aliphatic carbocycles. The van der Waals surface area contributed by atoms with Gasteiger partial charge in [0.1, 0.15) is 5.75 Å². The second-order valence-electron chi connectivity index (χ2n) is 10.8. The van der Waals surface area contributed by atoms with Crippen LogP contribution in [-0.4, -0.2) is 37.8 Å². The Balaban J connectivity index is 2.43. The zero-order chi connectivity index (χ0) is 28.0. The van der Waals surface area contributed by atoms with Crippen LogP contribution in [0.3, 0.4) is 0 Å². The highest BCUT2D eigenvalue weighted by Crippen LogP contribution is 2.36. The zero-order valence-electron chi connectivity index (χ0n) is 23.1. The highest BCUT2D eigenvalue weighted by atomic mass is 32.2. The minimum absolute atomic E-state index is 0.103. The van der Waals surface area contributed by atoms with Gasteiger partial charge >= 0.3 is 5.97 Å². The topological polar surface area (TPSA) is 110 Å². The van der Waals surface area contributed by atoms with Crippen molar-refractivity contribution >= 4 is 27.4 Å². The average molecular weight is 532 g/mol. The molecule has 0 aliphatic rings. The summed E-state index contributed by atoms with van der Waals surface area (Å²) >= 11 is 0. The molecule has 8 heteroatoms. The summed E-state index contributed by atoms with van der Waals surface area (Å²) < 4.78 is 31.0. The first-order chi connectivity index (χ1) is 17.2. The van der Waals surface area contributed by atoms with Gasteiger partial charge in [0.25, 0.3) is 0 Å². The molecule has 2 rings (SSSR count). The second kappa shape index (κ2) is 12.6. The lowest BCUT2D eigenvalue weighted by Crippen LogP contribution is -2.21. The number of carboxylic acids is 1. The van der Waals surface area contributed by atoms with Gasteiger partial charge in [-0.25, -0.2) is 13.2 Å². The maximum Gasteiger partial charge on any atom is 0.335 e. The maximum absolute atomic E-state index is 13.3. The van der Waals surface area contributed by atoms with Gasteiger partial charge in [-0.1, -0.05) is 59.1 Å². The van der Waals surface area contributed by atoms with Gasteiger partial charge in [-0.15, -0.1) is 0 Å². The number of methoxy groups -OCH3 is 1. The van der Waals surface area contributed by atoms with E-state index in [0.717, 1.165) is 36.8 Å². The monoisotopic (exact) mass is 531 g/mol. The van der Waals surface area contributed by atoms with E-state index in [2.05, 4.69) is 12.2 Å². The number of anilines is 1. The number of nitrogens with one attached hydrogen (secondary N) is 1. The van der Waals surface area contributed by atoms with Crippen LogP contribution in [0.15, 0.2) is 41.3 Å². The van der Waals surface area contributed by atoms with Crippen LogP contribution in [-0.2, 0) is 20.0 Å². The molecule has 0 saturated heterocycles. The van der Waals surface area contributed by atoms with Crippen molar-refractivity contribution in [3.8, 4) is 5.75 Å². The summed E-state index contributed by atoms with van der Waals surface area (Å²) in [5.74, 6) is -1.05. The number of rotatable bonds is 12. The number of hydrogen-bond donors (Lipinski definition) is 2. The van der Waals surface area contributed by atoms with Crippen LogP contribution in [0.2, 0.25) is 0 Å². The quantitative estimate of drug-likeness (QED) is 0.300. The van der Waals surface area contributed by atoms with E-state index in [4.69, 9.17) is 4.74 Å². The standard InChI is InChI=1S/C29H41NO6S/c1-8-9-10-11-20(23-14-13-22(18-26(23)36-7)37(34,35)19(2)3)17-27(31)30-25-16-21(28(32)33)12-15-24(25)29(4,5)6/h12-16,18-20H,8-11,17H2,1-7H3,(H,30,31)(H,32,33). The summed E-state index contributed by atoms with van der Waals surface area (Å²) in [6.07, 6.45) is 3.82. The molecule has 7 nitrogen and oxygen atoms in total. The molecule has 1 unspecified atom stereocenters. The predicted octanol–water partition coefficient (Wildman–Crippen LogP) is 6.57. The van der Waals surface area contributed by atoms with E-state index in [0.29, 0.717) is 11.4 Å². The molecule has 2 N–H and O–H groups in total. The van der Waals surface area contributed by atoms with Crippen molar-refractivity contribution in [1.82, 2.24) is 0 Å². The Labute approximate surface area is 221 Å². The van der Waals surface area contributed by atoms with Crippen LogP contribution >= 0.6 is 0 Å². The molecular formula is C29H41NO6S. The third kappa shape index (κ3) is 7.81. The van der Waals surface area contributed by atoms with E-state index < -0.39 is 21.1 Å². The number of aromatic carboxylic acids is 1. The predicted molar refractivity (Wildman–Crippen MR) is 148 cm³/mol. The SMILES string of the molecule is CCCCCC(CC(=O)Nc1cc(C(=O)O)ccc1C(C)(C)C)c1ccc(S(=O)(=O)C(C)C)cc1OC. The van der Waals surface area contributed by atoms with Gasteiger partial charge in [-0.05, 0) is 67.0 Å². The van der Waals surface area contributed by atoms with Gasteiger partial charge < -0.3 is 15.2 Å². The number of sulfone groups is 1. The fourth-order valence-electron chi connectivity index (χ4n) is 4.35. The Morgan fingerprint density at radius 2 is 1.73 bits per heavy atom. The number of carbonyl (C=O) groups excluding carboxylic acids is 1. The summed E-state index contributed by atoms with van der Waals surface area (Å²) in [5, 5.41) is 11.8. The summed E-state index contributed by atoms with van der Waals surface area (Å²) in [6.45, 7) is 11.4. The first-order valence-corrected chi connectivity index (χ1v) is 14.4. The Morgan fingerprint density at radius 3 is 2.27 bits per heavy atom. The molecule has 204 valence electrons. The Hall–Kier alpha value is -2.87. The van der Waals surface area contributed by atoms with Gasteiger partial charge in [-0.2, -0.15) is 0 Å². The molecule has 0 aromatic heterocycles. The maximum atomic E-state index is 13.3. The van der Waals surface area contributed by atoms with E-state index in [1.165, 1.54) is 13.2 Å². The third-order valence-electron chi connectivity index (χ3n) is 6.53. The van der Waals surface area contributed by atoms with Crippen molar-refractivity contribution in [3.05, 3.63) is 53.1 Å². The number of carboxylic acid groups (broad SMARTS) is 1. The summed E-state index contributed by atoms with van der Waals surface area (Å²) in [7, 11) is -1.97. The van der Waals surface area contributed by atoms with E-state index in [-0.39, 0.29) is 34.1 Å². The molecule has 1 amide bonds. The van der Waals surface area contributed by atoms with Crippen LogP contribution in [0.4, 0.5) is 5.69 Å². The molecule has 37 heavy (non-hydrogen) atoms. The van der Waals surface area contributed by atoms with Gasteiger partial charge in [0.2, 0.25) is 5.91 Å². The lowest BCUT2D eigenvalue weighted by molar-refractivity contribution is -0.116. The smallest absolute Gasteiger partial charge is 0.335 e. The number of ether oxygens (including phenoxy) is 1. The molecule has 0 fully saturated rings. The Kier molecular flexibility index (Phi) is 10.3. The van der Waals surface area contributed by atoms with Crippen LogP contribution < -0.4 is 10.1 Å². The summed E-state index contributed by atoms with van der Waals surface area (Å²) in [5.41, 5.74) is 1.91. The van der Waals surface area contributed by atoms with Crippen molar-refractivity contribution in [2.24, 2.45) is 0 Å². The minimum Gasteiger partial charge on any atom is -0.496 e. The molecular weight excluding hydrogens is 490 g/mol. The van der Waals surface area contributed by atoms with Crippen molar-refractivity contribution in [3.63, 3.8) is 0 Å². The summed E-state index contributed by atoms with van der Waals surface area (Å²) in [4.78, 5) is 25.1. The van der Waals surface area contributed by atoms with E-state index >= 15 is 0 Å². The minimum atomic E-state index is -3.47. The van der Waals surface area contributed by atoms with Gasteiger partial charge in [0, 0.05) is 12.1 Å². The number of unbranched alkanes of at least 4 members (excludes halogenated alkanes) is 2. The van der Waals surface area contributed by atoms with E-state index in [1.807, 2.05) is 20.8 Å². The van der Waals surface area contributed by atoms with Crippen LogP contribution in [0.25, 0.3) is 0 Å². The van der Waals surface area contributed by atoms with Gasteiger partial charge in [0.15, 0.2) is 9.84 Å². The Bertz CT molecular complexity index is 1210. The highest BCUT2D eigenvalue weighted by molar-refractivity contribution is 7.92. The molecule has 2 aromatic rings. The van der Waals surface area contributed by atoms with Crippen LogP contribution in [0, 0.1) is 0 Å². The second-order valence-corrected chi connectivity index (χ2v) is 13.3. The lowest BCUT2D eigenvalue weighted by Gasteiger charge is -2.25. The summed E-state index contributed by atoms with van der Waals surface area (Å²) in [6, 6.07) is 9.68.